The summed E-state index contributed by atoms with van der Waals surface area (Å²) in [5.74, 6) is -0.680. The molecule has 0 saturated heterocycles. The Morgan fingerprint density at radius 1 is 0.767 bits per heavy atom. The average molecular weight is 417 g/mol. The molecule has 1 rings (SSSR count). The summed E-state index contributed by atoms with van der Waals surface area (Å²) in [7, 11) is 0. The first-order valence-electron chi connectivity index (χ1n) is 12.3. The van der Waals surface area contributed by atoms with Crippen molar-refractivity contribution in [2.75, 3.05) is 0 Å². The summed E-state index contributed by atoms with van der Waals surface area (Å²) in [6.45, 7) is 15.2. The molecule has 30 heavy (non-hydrogen) atoms. The van der Waals surface area contributed by atoms with Crippen LogP contribution in [0.3, 0.4) is 0 Å². The topological polar surface area (TPSA) is 37.3 Å². The van der Waals surface area contributed by atoms with E-state index < -0.39 is 11.4 Å². The number of hydrogen-bond donors (Lipinski definition) is 1. The smallest absolute Gasteiger partial charge is 0.309 e. The van der Waals surface area contributed by atoms with Gasteiger partial charge in [-0.1, -0.05) is 71.4 Å². The van der Waals surface area contributed by atoms with Gasteiger partial charge in [-0.25, -0.2) is 0 Å². The fraction of sp³-hybridized carbons (Fsp3) is 0.750. The van der Waals surface area contributed by atoms with Crippen molar-refractivity contribution in [3.8, 4) is 0 Å². The zero-order valence-corrected chi connectivity index (χ0v) is 21.0. The minimum absolute atomic E-state index is 0.463. The Hall–Kier alpha value is -1.31. The van der Waals surface area contributed by atoms with E-state index in [1.807, 2.05) is 13.8 Å². The quantitative estimate of drug-likeness (QED) is 0.309. The van der Waals surface area contributed by atoms with E-state index in [4.69, 9.17) is 0 Å². The van der Waals surface area contributed by atoms with Crippen molar-refractivity contribution in [2.24, 2.45) is 10.8 Å². The molecule has 0 aliphatic carbocycles. The van der Waals surface area contributed by atoms with E-state index in [1.54, 1.807) is 11.1 Å². The lowest BCUT2D eigenvalue weighted by Gasteiger charge is -2.19. The summed E-state index contributed by atoms with van der Waals surface area (Å²) >= 11 is 0. The van der Waals surface area contributed by atoms with Gasteiger partial charge in [0.15, 0.2) is 0 Å². The molecule has 172 valence electrons. The highest BCUT2D eigenvalue weighted by Gasteiger charge is 2.25. The number of unbranched alkanes of at least 4 members (excludes halogenated alkanes) is 6. The molecule has 0 spiro atoms. The largest absolute Gasteiger partial charge is 0.481 e. The van der Waals surface area contributed by atoms with Gasteiger partial charge in [-0.2, -0.15) is 0 Å². The highest BCUT2D eigenvalue weighted by molar-refractivity contribution is 5.73. The van der Waals surface area contributed by atoms with Crippen molar-refractivity contribution in [2.45, 2.75) is 126 Å². The molecule has 2 nitrogen and oxygen atoms in total. The molecule has 0 aliphatic heterocycles. The minimum Gasteiger partial charge on any atom is -0.481 e. The van der Waals surface area contributed by atoms with Crippen molar-refractivity contribution >= 4 is 5.97 Å². The standard InChI is InChI=1S/C28H48O2/c1-22-18-19-24(16-12-8-10-14-20-27(3,4)5)25(23(22)2)17-13-9-11-15-21-28(6,7)26(29)30/h18-19H,8-17,20-21H2,1-7H3,(H,29,30). The average Bonchev–Trinajstić information content (AvgIpc) is 2.64. The van der Waals surface area contributed by atoms with E-state index in [-0.39, 0.29) is 0 Å². The second kappa shape index (κ2) is 12.5. The lowest BCUT2D eigenvalue weighted by atomic mass is 9.86. The molecular formula is C28H48O2. The Morgan fingerprint density at radius 3 is 1.87 bits per heavy atom. The fourth-order valence-electron chi connectivity index (χ4n) is 4.17. The van der Waals surface area contributed by atoms with Crippen molar-refractivity contribution in [1.29, 1.82) is 0 Å². The molecule has 0 amide bonds. The first kappa shape index (κ1) is 26.7. The Balaban J connectivity index is 2.44. The molecular weight excluding hydrogens is 368 g/mol. The van der Waals surface area contributed by atoms with Crippen LogP contribution in [0, 0.1) is 24.7 Å². The third kappa shape index (κ3) is 10.1. The lowest BCUT2D eigenvalue weighted by Crippen LogP contribution is -2.23. The molecule has 1 aromatic rings. The highest BCUT2D eigenvalue weighted by Crippen LogP contribution is 2.26. The summed E-state index contributed by atoms with van der Waals surface area (Å²) in [6.07, 6.45) is 14.3. The van der Waals surface area contributed by atoms with Gasteiger partial charge >= 0.3 is 5.97 Å². The van der Waals surface area contributed by atoms with Crippen LogP contribution in [0.25, 0.3) is 0 Å². The van der Waals surface area contributed by atoms with Crippen molar-refractivity contribution in [3.05, 3.63) is 34.4 Å². The number of aryl methyl sites for hydroxylation is 2. The third-order valence-electron chi connectivity index (χ3n) is 6.65. The first-order valence-corrected chi connectivity index (χ1v) is 12.3. The predicted octanol–water partition coefficient (Wildman–Crippen LogP) is 8.45. The maximum absolute atomic E-state index is 11.2. The monoisotopic (exact) mass is 416 g/mol. The van der Waals surface area contributed by atoms with Crippen molar-refractivity contribution < 1.29 is 9.90 Å². The van der Waals surface area contributed by atoms with Crippen LogP contribution >= 0.6 is 0 Å². The molecule has 0 unspecified atom stereocenters. The molecule has 0 heterocycles. The maximum atomic E-state index is 11.2. The number of aliphatic carboxylic acids is 1. The highest BCUT2D eigenvalue weighted by atomic mass is 16.4. The molecule has 0 saturated carbocycles. The van der Waals surface area contributed by atoms with E-state index in [2.05, 4.69) is 46.8 Å². The van der Waals surface area contributed by atoms with Gasteiger partial charge < -0.3 is 5.11 Å². The van der Waals surface area contributed by atoms with Gasteiger partial charge in [0.1, 0.15) is 0 Å². The van der Waals surface area contributed by atoms with Crippen molar-refractivity contribution in [3.63, 3.8) is 0 Å². The molecule has 0 radical (unpaired) electrons. The minimum atomic E-state index is -0.680. The van der Waals surface area contributed by atoms with Gasteiger partial charge in [0.05, 0.1) is 5.41 Å². The van der Waals surface area contributed by atoms with Gasteiger partial charge in [0, 0.05) is 0 Å². The summed E-state index contributed by atoms with van der Waals surface area (Å²) in [5.41, 5.74) is 5.89. The van der Waals surface area contributed by atoms with Crippen LogP contribution in [0.5, 0.6) is 0 Å². The number of rotatable bonds is 14. The number of benzene rings is 1. The Kier molecular flexibility index (Phi) is 11.2. The maximum Gasteiger partial charge on any atom is 0.309 e. The second-order valence-electron chi connectivity index (χ2n) is 11.2. The van der Waals surface area contributed by atoms with Crippen LogP contribution in [-0.4, -0.2) is 11.1 Å². The van der Waals surface area contributed by atoms with Crippen LogP contribution in [0.4, 0.5) is 0 Å². The summed E-state index contributed by atoms with van der Waals surface area (Å²) < 4.78 is 0. The van der Waals surface area contributed by atoms with Crippen LogP contribution in [0.2, 0.25) is 0 Å². The molecule has 0 atom stereocenters. The summed E-state index contributed by atoms with van der Waals surface area (Å²) in [5, 5.41) is 9.23. The molecule has 0 bridgehead atoms. The number of carboxylic acids is 1. The summed E-state index contributed by atoms with van der Waals surface area (Å²) in [6, 6.07) is 4.66. The molecule has 0 aliphatic rings. The molecule has 2 heteroatoms. The van der Waals surface area contributed by atoms with Crippen LogP contribution in [-0.2, 0) is 17.6 Å². The van der Waals surface area contributed by atoms with Gasteiger partial charge in [-0.3, -0.25) is 4.79 Å². The zero-order valence-electron chi connectivity index (χ0n) is 21.0. The Morgan fingerprint density at radius 2 is 1.30 bits per heavy atom. The molecule has 0 fully saturated rings. The van der Waals surface area contributed by atoms with Gasteiger partial charge in [0.25, 0.3) is 0 Å². The van der Waals surface area contributed by atoms with Crippen LogP contribution in [0.1, 0.15) is 121 Å². The van der Waals surface area contributed by atoms with Gasteiger partial charge in [0.2, 0.25) is 0 Å². The van der Waals surface area contributed by atoms with Crippen LogP contribution in [0.15, 0.2) is 12.1 Å². The first-order chi connectivity index (χ1) is 13.9. The van der Waals surface area contributed by atoms with E-state index >= 15 is 0 Å². The lowest BCUT2D eigenvalue weighted by molar-refractivity contribution is -0.147. The van der Waals surface area contributed by atoms with E-state index in [0.29, 0.717) is 5.41 Å². The predicted molar refractivity (Wildman–Crippen MR) is 130 cm³/mol. The Bertz CT molecular complexity index is 649. The molecule has 1 N–H and O–H groups in total. The molecule has 0 aromatic heterocycles. The zero-order chi connectivity index (χ0) is 22.8. The van der Waals surface area contributed by atoms with Crippen LogP contribution < -0.4 is 0 Å². The second-order valence-corrected chi connectivity index (χ2v) is 11.2. The van der Waals surface area contributed by atoms with Gasteiger partial charge in [-0.05, 0) is 93.9 Å². The van der Waals surface area contributed by atoms with E-state index in [1.165, 1.54) is 62.5 Å². The number of carboxylic acid groups (broad SMARTS) is 1. The number of hydrogen-bond acceptors (Lipinski definition) is 1. The normalized spacial score (nSPS) is 12.4. The van der Waals surface area contributed by atoms with Crippen molar-refractivity contribution in [1.82, 2.24) is 0 Å². The molecule has 1 aromatic carbocycles. The Labute approximate surface area is 186 Å². The fourth-order valence-corrected chi connectivity index (χ4v) is 4.17. The van der Waals surface area contributed by atoms with E-state index in [9.17, 15) is 9.90 Å². The third-order valence-corrected chi connectivity index (χ3v) is 6.65. The van der Waals surface area contributed by atoms with Gasteiger partial charge in [-0.15, -0.1) is 0 Å². The SMILES string of the molecule is Cc1ccc(CCCCCCC(C)(C)C)c(CCCCCCC(C)(C)C(=O)O)c1C. The van der Waals surface area contributed by atoms with E-state index in [0.717, 1.165) is 25.7 Å². The number of carbonyl (C=O) groups is 1. The summed E-state index contributed by atoms with van der Waals surface area (Å²) in [4.78, 5) is 11.2.